The molecule has 8 nitrogen and oxygen atoms in total. The lowest BCUT2D eigenvalue weighted by Gasteiger charge is -2.26. The molecule has 6 unspecified atom stereocenters. The number of ether oxygens (including phenoxy) is 8. The van der Waals surface area contributed by atoms with E-state index in [1.54, 1.807) is 0 Å². The average Bonchev–Trinajstić information content (AvgIpc) is 3.55. The zero-order valence-electron chi connectivity index (χ0n) is 17.4. The van der Waals surface area contributed by atoms with Gasteiger partial charge in [-0.2, -0.15) is 23.5 Å². The van der Waals surface area contributed by atoms with Crippen LogP contribution >= 0.6 is 23.5 Å². The van der Waals surface area contributed by atoms with Crippen molar-refractivity contribution >= 4 is 23.5 Å². The first-order chi connectivity index (χ1) is 14.9. The van der Waals surface area contributed by atoms with Crippen molar-refractivity contribution < 1.29 is 37.9 Å². The number of epoxide rings is 4. The Balaban J connectivity index is 1.18. The van der Waals surface area contributed by atoms with E-state index < -0.39 is 0 Å². The van der Waals surface area contributed by atoms with Gasteiger partial charge >= 0.3 is 0 Å². The van der Waals surface area contributed by atoms with Crippen LogP contribution in [-0.4, -0.2) is 126 Å². The van der Waals surface area contributed by atoms with Gasteiger partial charge < -0.3 is 37.9 Å². The van der Waals surface area contributed by atoms with Gasteiger partial charge in [0.15, 0.2) is 0 Å². The second kappa shape index (κ2) is 13.2. The standard InChI is InChI=1S/C20H34O8S2/c1(21-5-15-9-25-15)3-29-19(13-23-7-17-11-27-17)20(14-24-8-18-12-28-18)30-4-2-22-6-16-10-26-16/h15-20H,1-14H2. The average molecular weight is 467 g/mol. The summed E-state index contributed by atoms with van der Waals surface area (Å²) < 4.78 is 44.3. The molecule has 0 aromatic carbocycles. The van der Waals surface area contributed by atoms with Crippen molar-refractivity contribution in [1.29, 1.82) is 0 Å². The minimum absolute atomic E-state index is 0.282. The largest absolute Gasteiger partial charge is 0.378 e. The van der Waals surface area contributed by atoms with Crippen molar-refractivity contribution in [2.45, 2.75) is 34.9 Å². The Morgan fingerprint density at radius 2 is 0.900 bits per heavy atom. The minimum Gasteiger partial charge on any atom is -0.378 e. The molecular weight excluding hydrogens is 432 g/mol. The van der Waals surface area contributed by atoms with E-state index >= 15 is 0 Å². The van der Waals surface area contributed by atoms with Crippen LogP contribution in [0.2, 0.25) is 0 Å². The minimum atomic E-state index is 0.282. The monoisotopic (exact) mass is 466 g/mol. The molecule has 174 valence electrons. The van der Waals surface area contributed by atoms with Crippen LogP contribution in [0, 0.1) is 0 Å². The van der Waals surface area contributed by atoms with E-state index in [1.807, 2.05) is 23.5 Å². The van der Waals surface area contributed by atoms with E-state index in [0.717, 1.165) is 51.1 Å². The van der Waals surface area contributed by atoms with Crippen molar-refractivity contribution in [3.05, 3.63) is 0 Å². The van der Waals surface area contributed by atoms with Crippen LogP contribution in [0.25, 0.3) is 0 Å². The van der Waals surface area contributed by atoms with E-state index in [9.17, 15) is 0 Å². The maximum absolute atomic E-state index is 5.96. The summed E-state index contributed by atoms with van der Waals surface area (Å²) >= 11 is 3.80. The fourth-order valence-electron chi connectivity index (χ4n) is 2.76. The number of thioether (sulfide) groups is 2. The third-order valence-corrected chi connectivity index (χ3v) is 7.69. The Hall–Kier alpha value is 0.380. The van der Waals surface area contributed by atoms with Gasteiger partial charge in [-0.15, -0.1) is 0 Å². The zero-order valence-corrected chi connectivity index (χ0v) is 19.1. The summed E-state index contributed by atoms with van der Waals surface area (Å²) in [6.45, 7) is 8.89. The molecule has 4 aliphatic heterocycles. The second-order valence-electron chi connectivity index (χ2n) is 7.86. The molecule has 0 aromatic heterocycles. The van der Waals surface area contributed by atoms with Gasteiger partial charge in [-0.1, -0.05) is 0 Å². The summed E-state index contributed by atoms with van der Waals surface area (Å²) in [4.78, 5) is 0. The van der Waals surface area contributed by atoms with Gasteiger partial charge in [-0.05, 0) is 0 Å². The Kier molecular flexibility index (Phi) is 10.3. The van der Waals surface area contributed by atoms with Gasteiger partial charge in [0.1, 0.15) is 24.4 Å². The highest BCUT2D eigenvalue weighted by Crippen LogP contribution is 2.27. The topological polar surface area (TPSA) is 87.0 Å². The van der Waals surface area contributed by atoms with Crippen LogP contribution < -0.4 is 0 Å². The second-order valence-corrected chi connectivity index (χ2v) is 10.6. The highest BCUT2D eigenvalue weighted by atomic mass is 32.2. The molecular formula is C20H34O8S2. The van der Waals surface area contributed by atoms with E-state index in [2.05, 4.69) is 0 Å². The Bertz CT molecular complexity index is 430. The first kappa shape index (κ1) is 23.5. The molecule has 0 N–H and O–H groups in total. The van der Waals surface area contributed by atoms with Crippen molar-refractivity contribution in [2.75, 3.05) is 90.8 Å². The van der Waals surface area contributed by atoms with E-state index in [-0.39, 0.29) is 12.2 Å². The molecule has 10 heteroatoms. The molecule has 6 atom stereocenters. The molecule has 4 saturated heterocycles. The molecule has 30 heavy (non-hydrogen) atoms. The molecule has 0 saturated carbocycles. The normalized spacial score (nSPS) is 30.8. The van der Waals surface area contributed by atoms with Crippen molar-refractivity contribution in [3.8, 4) is 0 Å². The van der Waals surface area contributed by atoms with Crippen LogP contribution in [0.5, 0.6) is 0 Å². The molecule has 0 aliphatic carbocycles. The number of rotatable bonds is 21. The van der Waals surface area contributed by atoms with Gasteiger partial charge in [-0.3, -0.25) is 0 Å². The summed E-state index contributed by atoms with van der Waals surface area (Å²) in [5, 5.41) is 0.642. The van der Waals surface area contributed by atoms with Crippen molar-refractivity contribution in [3.63, 3.8) is 0 Å². The molecule has 4 rings (SSSR count). The molecule has 0 spiro atoms. The van der Waals surface area contributed by atoms with E-state index in [0.29, 0.717) is 62.3 Å². The quantitative estimate of drug-likeness (QED) is 0.179. The van der Waals surface area contributed by atoms with Crippen LogP contribution in [0.15, 0.2) is 0 Å². The van der Waals surface area contributed by atoms with Crippen molar-refractivity contribution in [1.82, 2.24) is 0 Å². The number of hydrogen-bond acceptors (Lipinski definition) is 10. The molecule has 4 heterocycles. The Morgan fingerprint density at radius 1 is 0.567 bits per heavy atom. The predicted octanol–water partition coefficient (Wildman–Crippen LogP) is 0.852. The van der Waals surface area contributed by atoms with Crippen LogP contribution in [-0.2, 0) is 37.9 Å². The third-order valence-electron chi connectivity index (χ3n) is 4.92. The van der Waals surface area contributed by atoms with Gasteiger partial charge in [0.05, 0.1) is 79.3 Å². The fourth-order valence-corrected chi connectivity index (χ4v) is 5.24. The lowest BCUT2D eigenvalue weighted by Crippen LogP contribution is -2.32. The fraction of sp³-hybridized carbons (Fsp3) is 1.00. The molecule has 0 bridgehead atoms. The van der Waals surface area contributed by atoms with Gasteiger partial charge in [0, 0.05) is 22.0 Å². The summed E-state index contributed by atoms with van der Waals surface area (Å²) in [7, 11) is 0. The smallest absolute Gasteiger partial charge is 0.104 e. The first-order valence-electron chi connectivity index (χ1n) is 10.9. The lowest BCUT2D eigenvalue weighted by atomic mass is 10.3. The highest BCUT2D eigenvalue weighted by Gasteiger charge is 2.29. The molecule has 0 aromatic rings. The SMILES string of the molecule is C(CSC(COCC1CO1)C(COCC1CO1)SCCOCC1CO1)OCC1CO1. The number of hydrogen-bond donors (Lipinski definition) is 0. The third kappa shape index (κ3) is 10.8. The molecule has 4 fully saturated rings. The van der Waals surface area contributed by atoms with E-state index in [1.165, 1.54) is 0 Å². The molecule has 0 radical (unpaired) electrons. The van der Waals surface area contributed by atoms with Gasteiger partial charge in [0.25, 0.3) is 0 Å². The Morgan fingerprint density at radius 3 is 1.23 bits per heavy atom. The Labute approximate surface area is 187 Å². The predicted molar refractivity (Wildman–Crippen MR) is 115 cm³/mol. The van der Waals surface area contributed by atoms with Crippen LogP contribution in [0.3, 0.4) is 0 Å². The van der Waals surface area contributed by atoms with Gasteiger partial charge in [-0.25, -0.2) is 0 Å². The lowest BCUT2D eigenvalue weighted by molar-refractivity contribution is 0.0938. The summed E-state index contributed by atoms with van der Waals surface area (Å²) in [5.74, 6) is 1.86. The molecule has 0 amide bonds. The van der Waals surface area contributed by atoms with E-state index in [4.69, 9.17) is 37.9 Å². The van der Waals surface area contributed by atoms with Crippen LogP contribution in [0.4, 0.5) is 0 Å². The van der Waals surface area contributed by atoms with Gasteiger partial charge in [0.2, 0.25) is 0 Å². The van der Waals surface area contributed by atoms with Crippen LogP contribution in [0.1, 0.15) is 0 Å². The zero-order chi connectivity index (χ0) is 20.4. The summed E-state index contributed by atoms with van der Waals surface area (Å²) in [5.41, 5.74) is 0. The van der Waals surface area contributed by atoms with Crippen molar-refractivity contribution in [2.24, 2.45) is 0 Å². The summed E-state index contributed by atoms with van der Waals surface area (Å²) in [6, 6.07) is 0. The first-order valence-corrected chi connectivity index (χ1v) is 13.0. The highest BCUT2D eigenvalue weighted by molar-refractivity contribution is 8.03. The maximum atomic E-state index is 5.96. The summed E-state index contributed by atoms with van der Waals surface area (Å²) in [6.07, 6.45) is 1.19. The maximum Gasteiger partial charge on any atom is 0.104 e. The molecule has 4 aliphatic rings.